The third-order valence-electron chi connectivity index (χ3n) is 3.65. The van der Waals surface area contributed by atoms with Gasteiger partial charge in [-0.25, -0.2) is 0 Å². The van der Waals surface area contributed by atoms with Crippen LogP contribution in [0.4, 0.5) is 0 Å². The van der Waals surface area contributed by atoms with Crippen molar-refractivity contribution in [2.75, 3.05) is 5.75 Å². The predicted octanol–water partition coefficient (Wildman–Crippen LogP) is 3.61. The molecule has 3 unspecified atom stereocenters. The molecule has 15 heavy (non-hydrogen) atoms. The van der Waals surface area contributed by atoms with Gasteiger partial charge in [0.05, 0.1) is 0 Å². The van der Waals surface area contributed by atoms with Crippen molar-refractivity contribution in [3.8, 4) is 0 Å². The van der Waals surface area contributed by atoms with Crippen molar-refractivity contribution in [2.45, 2.75) is 59.6 Å². The van der Waals surface area contributed by atoms with Crippen LogP contribution in [0.3, 0.4) is 0 Å². The quantitative estimate of drug-likeness (QED) is 0.621. The molecule has 0 aromatic rings. The summed E-state index contributed by atoms with van der Waals surface area (Å²) in [6.45, 7) is 13.5. The molecule has 1 aliphatic rings. The van der Waals surface area contributed by atoms with E-state index in [2.05, 4.69) is 41.5 Å². The zero-order valence-electron chi connectivity index (χ0n) is 11.1. The predicted molar refractivity (Wildman–Crippen MR) is 68.4 cm³/mol. The van der Waals surface area contributed by atoms with Crippen molar-refractivity contribution in [3.05, 3.63) is 0 Å². The molecular formula is C13H26OS. The third-order valence-corrected chi connectivity index (χ3v) is 5.96. The minimum atomic E-state index is -0.624. The van der Waals surface area contributed by atoms with Crippen LogP contribution in [-0.2, 0) is 10.8 Å². The van der Waals surface area contributed by atoms with Gasteiger partial charge in [-0.2, -0.15) is 0 Å². The van der Waals surface area contributed by atoms with Gasteiger partial charge in [0.1, 0.15) is 0 Å². The average Bonchev–Trinajstić information content (AvgIpc) is 1.99. The van der Waals surface area contributed by atoms with E-state index in [9.17, 15) is 4.21 Å². The number of hydrogen-bond acceptors (Lipinski definition) is 1. The van der Waals surface area contributed by atoms with Crippen LogP contribution in [0, 0.1) is 16.7 Å². The second-order valence-corrected chi connectivity index (χ2v) is 8.71. The fourth-order valence-corrected chi connectivity index (χ4v) is 4.88. The van der Waals surface area contributed by atoms with Gasteiger partial charge in [-0.1, -0.05) is 41.5 Å². The highest BCUT2D eigenvalue weighted by Crippen LogP contribution is 2.39. The maximum absolute atomic E-state index is 12.2. The van der Waals surface area contributed by atoms with Crippen molar-refractivity contribution in [1.29, 1.82) is 0 Å². The van der Waals surface area contributed by atoms with Gasteiger partial charge in [0.15, 0.2) is 0 Å². The Balaban J connectivity index is 2.68. The molecule has 0 aromatic heterocycles. The zero-order valence-corrected chi connectivity index (χ0v) is 11.9. The molecule has 1 aliphatic heterocycles. The molecule has 90 valence electrons. The largest absolute Gasteiger partial charge is 0.259 e. The summed E-state index contributed by atoms with van der Waals surface area (Å²) in [4.78, 5) is 0. The highest BCUT2D eigenvalue weighted by atomic mass is 32.2. The highest BCUT2D eigenvalue weighted by molar-refractivity contribution is 7.85. The minimum absolute atomic E-state index is 0.202. The lowest BCUT2D eigenvalue weighted by molar-refractivity contribution is 0.222. The van der Waals surface area contributed by atoms with Crippen molar-refractivity contribution in [3.63, 3.8) is 0 Å². The van der Waals surface area contributed by atoms with Crippen LogP contribution in [0.1, 0.15) is 54.4 Å². The molecule has 0 saturated carbocycles. The Morgan fingerprint density at radius 3 is 1.80 bits per heavy atom. The summed E-state index contributed by atoms with van der Waals surface area (Å²) in [6.07, 6.45) is 2.38. The molecule has 2 heteroatoms. The monoisotopic (exact) mass is 230 g/mol. The molecule has 1 fully saturated rings. The standard InChI is InChI=1S/C13H26OS/c1-12(2,3)10-7-8-11(13(4,5)6)15(14)9-10/h10-11H,7-9H2,1-6H3. The van der Waals surface area contributed by atoms with E-state index >= 15 is 0 Å². The van der Waals surface area contributed by atoms with Crippen LogP contribution in [0.25, 0.3) is 0 Å². The van der Waals surface area contributed by atoms with Crippen LogP contribution in [0.5, 0.6) is 0 Å². The first-order chi connectivity index (χ1) is 6.62. The van der Waals surface area contributed by atoms with Gasteiger partial charge >= 0.3 is 0 Å². The molecule has 0 radical (unpaired) electrons. The van der Waals surface area contributed by atoms with Crippen molar-refractivity contribution < 1.29 is 4.21 Å². The fraction of sp³-hybridized carbons (Fsp3) is 1.00. The van der Waals surface area contributed by atoms with Gasteiger partial charge in [0.2, 0.25) is 0 Å². The van der Waals surface area contributed by atoms with Gasteiger partial charge in [-0.3, -0.25) is 4.21 Å². The lowest BCUT2D eigenvalue weighted by Crippen LogP contribution is -2.41. The summed E-state index contributed by atoms with van der Waals surface area (Å²) in [6, 6.07) is 0. The zero-order chi connectivity index (χ0) is 11.9. The molecule has 0 amide bonds. The Bertz CT molecular complexity index is 244. The Morgan fingerprint density at radius 2 is 1.47 bits per heavy atom. The maximum Gasteiger partial charge on any atom is 0.0396 e. The first-order valence-electron chi connectivity index (χ1n) is 5.99. The first kappa shape index (κ1) is 13.2. The van der Waals surface area contributed by atoms with Crippen molar-refractivity contribution >= 4 is 10.8 Å². The Labute approximate surface area is 97.5 Å². The van der Waals surface area contributed by atoms with Crippen molar-refractivity contribution in [1.82, 2.24) is 0 Å². The van der Waals surface area contributed by atoms with E-state index < -0.39 is 10.8 Å². The van der Waals surface area contributed by atoms with Crippen LogP contribution < -0.4 is 0 Å². The molecule has 0 aromatic carbocycles. The lowest BCUT2D eigenvalue weighted by atomic mass is 9.77. The van der Waals surface area contributed by atoms with Gasteiger partial charge in [0, 0.05) is 21.8 Å². The van der Waals surface area contributed by atoms with E-state index in [4.69, 9.17) is 0 Å². The second-order valence-electron chi connectivity index (χ2n) is 7.04. The SMILES string of the molecule is CC(C)(C)C1CCC(C(C)(C)C)S(=O)C1. The van der Waals surface area contributed by atoms with Crippen LogP contribution in [-0.4, -0.2) is 15.2 Å². The van der Waals surface area contributed by atoms with E-state index in [1.54, 1.807) is 0 Å². The first-order valence-corrected chi connectivity index (χ1v) is 7.38. The molecule has 1 rings (SSSR count). The molecule has 0 aliphatic carbocycles. The summed E-state index contributed by atoms with van der Waals surface area (Å²) in [7, 11) is -0.624. The van der Waals surface area contributed by atoms with Crippen LogP contribution >= 0.6 is 0 Å². The Morgan fingerprint density at radius 1 is 0.933 bits per heavy atom. The smallest absolute Gasteiger partial charge is 0.0396 e. The van der Waals surface area contributed by atoms with Gasteiger partial charge in [0.25, 0.3) is 0 Å². The Kier molecular flexibility index (Phi) is 3.70. The van der Waals surface area contributed by atoms with Gasteiger partial charge < -0.3 is 0 Å². The molecule has 0 bridgehead atoms. The van der Waals surface area contributed by atoms with E-state index in [1.807, 2.05) is 0 Å². The normalized spacial score (nSPS) is 34.1. The summed E-state index contributed by atoms with van der Waals surface area (Å²) >= 11 is 0. The van der Waals surface area contributed by atoms with E-state index in [0.29, 0.717) is 16.6 Å². The van der Waals surface area contributed by atoms with E-state index in [-0.39, 0.29) is 5.41 Å². The molecule has 1 saturated heterocycles. The second kappa shape index (κ2) is 4.20. The number of hydrogen-bond donors (Lipinski definition) is 0. The lowest BCUT2D eigenvalue weighted by Gasteiger charge is -2.40. The van der Waals surface area contributed by atoms with Gasteiger partial charge in [-0.05, 0) is 29.6 Å². The topological polar surface area (TPSA) is 17.1 Å². The summed E-state index contributed by atoms with van der Waals surface area (Å²) < 4.78 is 12.2. The Hall–Kier alpha value is 0.150. The van der Waals surface area contributed by atoms with Gasteiger partial charge in [-0.15, -0.1) is 0 Å². The van der Waals surface area contributed by atoms with Crippen molar-refractivity contribution in [2.24, 2.45) is 16.7 Å². The van der Waals surface area contributed by atoms with Crippen LogP contribution in [0.2, 0.25) is 0 Å². The van der Waals surface area contributed by atoms with Crippen LogP contribution in [0.15, 0.2) is 0 Å². The highest BCUT2D eigenvalue weighted by Gasteiger charge is 2.38. The van der Waals surface area contributed by atoms with E-state index in [0.717, 1.165) is 12.2 Å². The van der Waals surface area contributed by atoms with E-state index in [1.165, 1.54) is 6.42 Å². The minimum Gasteiger partial charge on any atom is -0.259 e. The maximum atomic E-state index is 12.2. The number of rotatable bonds is 0. The molecule has 1 heterocycles. The summed E-state index contributed by atoms with van der Waals surface area (Å²) in [5.74, 6) is 1.54. The summed E-state index contributed by atoms with van der Waals surface area (Å²) in [5.41, 5.74) is 0.520. The fourth-order valence-electron chi connectivity index (χ4n) is 2.39. The molecule has 0 spiro atoms. The average molecular weight is 230 g/mol. The molecular weight excluding hydrogens is 204 g/mol. The molecule has 3 atom stereocenters. The third kappa shape index (κ3) is 3.30. The summed E-state index contributed by atoms with van der Waals surface area (Å²) in [5, 5.41) is 0.399. The molecule has 1 nitrogen and oxygen atoms in total. The molecule has 0 N–H and O–H groups in total.